The van der Waals surface area contributed by atoms with Gasteiger partial charge < -0.3 is 0 Å². The van der Waals surface area contributed by atoms with Crippen molar-refractivity contribution in [2.75, 3.05) is 4.90 Å². The number of nitro benzene ring substituents is 1. The van der Waals surface area contributed by atoms with Crippen LogP contribution in [0.15, 0.2) is 54.1 Å². The number of carbonyl (C=O) groups excluding carboxylic acids is 3. The number of imide groups is 2. The van der Waals surface area contributed by atoms with Gasteiger partial charge in [-0.3, -0.25) is 25.0 Å². The molecule has 4 amide bonds. The van der Waals surface area contributed by atoms with Crippen LogP contribution in [0, 0.1) is 27.9 Å². The molecule has 0 unspecified atom stereocenters. The first-order valence-electron chi connectivity index (χ1n) is 12.1. The predicted molar refractivity (Wildman–Crippen MR) is 128 cm³/mol. The van der Waals surface area contributed by atoms with Crippen molar-refractivity contribution in [3.63, 3.8) is 0 Å². The van der Waals surface area contributed by atoms with Crippen LogP contribution in [0.5, 0.6) is 0 Å². The second kappa shape index (κ2) is 7.86. The van der Waals surface area contributed by atoms with Crippen LogP contribution in [0.2, 0.25) is 0 Å². The van der Waals surface area contributed by atoms with Crippen LogP contribution in [0.4, 0.5) is 16.2 Å². The number of non-ortho nitro benzene ring substituents is 1. The van der Waals surface area contributed by atoms with Gasteiger partial charge in [-0.05, 0) is 103 Å². The van der Waals surface area contributed by atoms with Gasteiger partial charge in [0.2, 0.25) is 0 Å². The van der Waals surface area contributed by atoms with Gasteiger partial charge in [0.1, 0.15) is 5.57 Å². The van der Waals surface area contributed by atoms with Gasteiger partial charge in [0, 0.05) is 12.1 Å². The molecule has 0 spiro atoms. The molecule has 1 N–H and O–H groups in total. The van der Waals surface area contributed by atoms with E-state index in [0.29, 0.717) is 11.3 Å². The fourth-order valence-electron chi connectivity index (χ4n) is 7.18. The number of benzene rings is 2. The van der Waals surface area contributed by atoms with Gasteiger partial charge in [-0.15, -0.1) is 0 Å². The van der Waals surface area contributed by atoms with Crippen LogP contribution in [-0.4, -0.2) is 22.8 Å². The minimum absolute atomic E-state index is 0.0949. The molecule has 0 atom stereocenters. The lowest BCUT2D eigenvalue weighted by molar-refractivity contribution is -0.384. The molecule has 2 aromatic carbocycles. The fourth-order valence-corrected chi connectivity index (χ4v) is 7.18. The zero-order valence-corrected chi connectivity index (χ0v) is 19.1. The second-order valence-electron chi connectivity index (χ2n) is 10.6. The van der Waals surface area contributed by atoms with Crippen LogP contribution >= 0.6 is 0 Å². The van der Waals surface area contributed by atoms with Crippen LogP contribution in [0.3, 0.4) is 0 Å². The molecule has 2 aromatic rings. The summed E-state index contributed by atoms with van der Waals surface area (Å²) in [5.41, 5.74) is 2.04. The van der Waals surface area contributed by atoms with Crippen molar-refractivity contribution in [3.05, 3.63) is 75.3 Å². The predicted octanol–water partition coefficient (Wildman–Crippen LogP) is 4.73. The Kier molecular flexibility index (Phi) is 4.88. The van der Waals surface area contributed by atoms with Crippen LogP contribution < -0.4 is 10.2 Å². The lowest BCUT2D eigenvalue weighted by Gasteiger charge is -2.57. The topological polar surface area (TPSA) is 110 Å². The van der Waals surface area contributed by atoms with E-state index in [-0.39, 0.29) is 16.7 Å². The number of urea groups is 1. The van der Waals surface area contributed by atoms with Crippen molar-refractivity contribution in [2.24, 2.45) is 17.8 Å². The van der Waals surface area contributed by atoms with Gasteiger partial charge in [-0.2, -0.15) is 0 Å². The molecule has 1 heterocycles. The van der Waals surface area contributed by atoms with E-state index in [1.165, 1.54) is 74.4 Å². The molecule has 5 fully saturated rings. The summed E-state index contributed by atoms with van der Waals surface area (Å²) in [5, 5.41) is 13.1. The number of anilines is 1. The molecule has 7 rings (SSSR count). The first-order chi connectivity index (χ1) is 16.8. The summed E-state index contributed by atoms with van der Waals surface area (Å²) in [4.78, 5) is 49.6. The molecule has 4 saturated carbocycles. The third-order valence-corrected chi connectivity index (χ3v) is 8.29. The molecular formula is C27H25N3O5. The lowest BCUT2D eigenvalue weighted by atomic mass is 9.48. The molecule has 4 aliphatic carbocycles. The SMILES string of the molecule is O=C1NC(=O)N(c2ccc(C34CC5CC(CC(C5)C3)C4)cc2)C(=O)/C1=C/c1ccc([N+](=O)[O-])cc1. The second-order valence-corrected chi connectivity index (χ2v) is 10.6. The third-order valence-electron chi connectivity index (χ3n) is 8.29. The number of amides is 4. The normalized spacial score (nSPS) is 30.6. The standard InChI is InChI=1S/C27H25N3O5/c31-24-23(12-16-1-5-22(6-2-16)30(34)35)25(32)29(26(33)28-24)21-7-3-20(4-8-21)27-13-17-9-18(14-27)11-19(10-17)15-27/h1-8,12,17-19H,9-11,13-15H2,(H,28,31,33)/b23-12+. The van der Waals surface area contributed by atoms with Crippen LogP contribution in [0.1, 0.15) is 49.7 Å². The highest BCUT2D eigenvalue weighted by atomic mass is 16.6. The van der Waals surface area contributed by atoms with Gasteiger partial charge in [0.15, 0.2) is 0 Å². The zero-order valence-electron chi connectivity index (χ0n) is 19.1. The Balaban J connectivity index is 1.27. The van der Waals surface area contributed by atoms with Crippen molar-refractivity contribution in [2.45, 2.75) is 43.9 Å². The molecule has 8 heteroatoms. The molecule has 35 heavy (non-hydrogen) atoms. The van der Waals surface area contributed by atoms with E-state index in [4.69, 9.17) is 0 Å². The van der Waals surface area contributed by atoms with Gasteiger partial charge in [0.25, 0.3) is 17.5 Å². The first-order valence-corrected chi connectivity index (χ1v) is 12.1. The minimum atomic E-state index is -0.792. The molecule has 4 bridgehead atoms. The zero-order chi connectivity index (χ0) is 24.3. The van der Waals surface area contributed by atoms with Gasteiger partial charge in [-0.1, -0.05) is 12.1 Å². The van der Waals surface area contributed by atoms with Crippen molar-refractivity contribution in [1.29, 1.82) is 0 Å². The van der Waals surface area contributed by atoms with E-state index in [0.717, 1.165) is 22.7 Å². The maximum Gasteiger partial charge on any atom is 0.335 e. The molecule has 1 aliphatic heterocycles. The Bertz CT molecular complexity index is 1240. The number of hydrogen-bond donors (Lipinski definition) is 1. The van der Waals surface area contributed by atoms with Crippen LogP contribution in [-0.2, 0) is 15.0 Å². The summed E-state index contributed by atoms with van der Waals surface area (Å²) in [7, 11) is 0. The van der Waals surface area contributed by atoms with Gasteiger partial charge >= 0.3 is 6.03 Å². The van der Waals surface area contributed by atoms with Crippen molar-refractivity contribution in [3.8, 4) is 0 Å². The maximum atomic E-state index is 13.2. The first kappa shape index (κ1) is 21.7. The summed E-state index contributed by atoms with van der Waals surface area (Å²) >= 11 is 0. The number of nitrogens with one attached hydrogen (secondary N) is 1. The minimum Gasteiger partial charge on any atom is -0.273 e. The molecule has 5 aliphatic rings. The summed E-state index contributed by atoms with van der Waals surface area (Å²) in [5.74, 6) is 0.926. The van der Waals surface area contributed by atoms with E-state index in [1.54, 1.807) is 12.1 Å². The molecule has 0 aromatic heterocycles. The maximum absolute atomic E-state index is 13.2. The van der Waals surface area contributed by atoms with Crippen LogP contribution in [0.25, 0.3) is 6.08 Å². The number of nitro groups is 1. The van der Waals surface area contributed by atoms with E-state index >= 15 is 0 Å². The average Bonchev–Trinajstić information content (AvgIpc) is 2.81. The molecule has 8 nitrogen and oxygen atoms in total. The number of carbonyl (C=O) groups is 3. The number of nitrogens with zero attached hydrogens (tertiary/aromatic N) is 2. The summed E-state index contributed by atoms with van der Waals surface area (Å²) in [6, 6.07) is 12.4. The summed E-state index contributed by atoms with van der Waals surface area (Å²) < 4.78 is 0. The molecule has 0 radical (unpaired) electrons. The molecular weight excluding hydrogens is 446 g/mol. The Morgan fingerprint density at radius 1 is 0.886 bits per heavy atom. The largest absolute Gasteiger partial charge is 0.335 e. The fraction of sp³-hybridized carbons (Fsp3) is 0.370. The van der Waals surface area contributed by atoms with Gasteiger partial charge in [-0.25, -0.2) is 9.69 Å². The number of hydrogen-bond acceptors (Lipinski definition) is 5. The van der Waals surface area contributed by atoms with E-state index in [2.05, 4.69) is 5.32 Å². The lowest BCUT2D eigenvalue weighted by Crippen LogP contribution is -2.54. The summed E-state index contributed by atoms with van der Waals surface area (Å²) in [6.45, 7) is 0. The summed E-state index contributed by atoms with van der Waals surface area (Å²) in [6.07, 6.45) is 9.08. The van der Waals surface area contributed by atoms with E-state index in [9.17, 15) is 24.5 Å². The highest BCUT2D eigenvalue weighted by Crippen LogP contribution is 2.60. The molecule has 1 saturated heterocycles. The van der Waals surface area contributed by atoms with Gasteiger partial charge in [0.05, 0.1) is 10.6 Å². The van der Waals surface area contributed by atoms with E-state index < -0.39 is 22.8 Å². The Morgan fingerprint density at radius 2 is 1.46 bits per heavy atom. The number of barbiturate groups is 1. The number of rotatable bonds is 4. The van der Waals surface area contributed by atoms with Crippen molar-refractivity contribution >= 4 is 35.3 Å². The Hall–Kier alpha value is -3.81. The Morgan fingerprint density at radius 3 is 2.00 bits per heavy atom. The quantitative estimate of drug-likeness (QED) is 0.300. The molecule has 178 valence electrons. The average molecular weight is 472 g/mol. The monoisotopic (exact) mass is 471 g/mol. The highest BCUT2D eigenvalue weighted by molar-refractivity contribution is 6.39. The smallest absolute Gasteiger partial charge is 0.273 e. The van der Waals surface area contributed by atoms with Crippen molar-refractivity contribution < 1.29 is 19.3 Å². The Labute approximate surface area is 202 Å². The van der Waals surface area contributed by atoms with Crippen molar-refractivity contribution in [1.82, 2.24) is 5.32 Å². The third kappa shape index (κ3) is 3.64. The highest BCUT2D eigenvalue weighted by Gasteiger charge is 2.51. The van der Waals surface area contributed by atoms with E-state index in [1.807, 2.05) is 12.1 Å².